The van der Waals surface area contributed by atoms with Crippen molar-refractivity contribution in [1.82, 2.24) is 14.8 Å². The normalized spacial score (nSPS) is 10.3. The molecule has 0 bridgehead atoms. The highest BCUT2D eigenvalue weighted by Gasteiger charge is 2.17. The Bertz CT molecular complexity index is 1010. The van der Waals surface area contributed by atoms with E-state index in [1.54, 1.807) is 48.3 Å². The number of benzene rings is 1. The van der Waals surface area contributed by atoms with Crippen molar-refractivity contribution < 1.29 is 19.0 Å². The quantitative estimate of drug-likeness (QED) is 0.460. The van der Waals surface area contributed by atoms with Gasteiger partial charge in [-0.25, -0.2) is 9.48 Å². The number of carbonyl (C=O) groups is 1. The van der Waals surface area contributed by atoms with Gasteiger partial charge in [-0.05, 0) is 31.2 Å². The van der Waals surface area contributed by atoms with Gasteiger partial charge in [-0.15, -0.1) is 0 Å². The van der Waals surface area contributed by atoms with Gasteiger partial charge >= 0.3 is 5.97 Å². The zero-order chi connectivity index (χ0) is 19.9. The summed E-state index contributed by atoms with van der Waals surface area (Å²) in [7, 11) is 1.48. The van der Waals surface area contributed by atoms with Crippen LogP contribution in [0.1, 0.15) is 22.8 Å². The molecule has 3 rings (SSSR count). The van der Waals surface area contributed by atoms with Crippen LogP contribution in [-0.4, -0.2) is 41.2 Å². The molecular formula is C20H18N4O4. The summed E-state index contributed by atoms with van der Waals surface area (Å²) in [5, 5.41) is 13.7. The maximum absolute atomic E-state index is 12.3. The molecule has 28 heavy (non-hydrogen) atoms. The van der Waals surface area contributed by atoms with E-state index in [4.69, 9.17) is 14.2 Å². The molecule has 1 aromatic carbocycles. The van der Waals surface area contributed by atoms with Gasteiger partial charge < -0.3 is 14.2 Å². The number of carbonyl (C=O) groups excluding carboxylic acids is 1. The molecule has 0 aliphatic heterocycles. The summed E-state index contributed by atoms with van der Waals surface area (Å²) in [6.07, 6.45) is 4.84. The van der Waals surface area contributed by atoms with Crippen molar-refractivity contribution in [3.8, 4) is 28.8 Å². The highest BCUT2D eigenvalue weighted by Crippen LogP contribution is 2.27. The van der Waals surface area contributed by atoms with Crippen LogP contribution in [0.3, 0.4) is 0 Å². The molecule has 2 aromatic heterocycles. The Morgan fingerprint density at radius 1 is 1.32 bits per heavy atom. The topological polar surface area (TPSA) is 99.3 Å². The lowest BCUT2D eigenvalue weighted by Gasteiger charge is -2.12. The Morgan fingerprint density at radius 3 is 2.86 bits per heavy atom. The zero-order valence-corrected chi connectivity index (χ0v) is 15.5. The summed E-state index contributed by atoms with van der Waals surface area (Å²) < 4.78 is 17.0. The van der Waals surface area contributed by atoms with E-state index >= 15 is 0 Å². The first-order chi connectivity index (χ1) is 13.7. The average Bonchev–Trinajstić information content (AvgIpc) is 3.26. The van der Waals surface area contributed by atoms with Crippen LogP contribution in [0.5, 0.6) is 5.75 Å². The molecule has 0 unspecified atom stereocenters. The second-order valence-corrected chi connectivity index (χ2v) is 5.63. The van der Waals surface area contributed by atoms with Crippen LogP contribution in [0, 0.1) is 11.3 Å². The van der Waals surface area contributed by atoms with Crippen molar-refractivity contribution >= 4 is 5.97 Å². The third kappa shape index (κ3) is 4.00. The van der Waals surface area contributed by atoms with E-state index in [1.165, 1.54) is 13.3 Å². The highest BCUT2D eigenvalue weighted by atomic mass is 16.7. The molecule has 0 saturated heterocycles. The molecule has 0 aliphatic rings. The van der Waals surface area contributed by atoms with E-state index in [2.05, 4.69) is 16.2 Å². The number of hydrogen-bond donors (Lipinski definition) is 0. The Balaban J connectivity index is 2.02. The highest BCUT2D eigenvalue weighted by molar-refractivity contribution is 5.93. The van der Waals surface area contributed by atoms with E-state index < -0.39 is 5.97 Å². The van der Waals surface area contributed by atoms with Gasteiger partial charge in [-0.3, -0.25) is 4.98 Å². The summed E-state index contributed by atoms with van der Waals surface area (Å²) in [4.78, 5) is 16.7. The maximum Gasteiger partial charge on any atom is 0.342 e. The van der Waals surface area contributed by atoms with Crippen LogP contribution in [-0.2, 0) is 9.47 Å². The number of aromatic nitrogens is 3. The van der Waals surface area contributed by atoms with Gasteiger partial charge in [0, 0.05) is 25.1 Å². The molecule has 8 heteroatoms. The number of esters is 1. The molecule has 0 spiro atoms. The van der Waals surface area contributed by atoms with Gasteiger partial charge in [-0.2, -0.15) is 10.4 Å². The number of pyridine rings is 1. The van der Waals surface area contributed by atoms with E-state index in [0.717, 1.165) is 0 Å². The first-order valence-corrected chi connectivity index (χ1v) is 8.51. The van der Waals surface area contributed by atoms with Crippen LogP contribution in [0.15, 0.2) is 48.9 Å². The minimum absolute atomic E-state index is 0.0232. The van der Waals surface area contributed by atoms with Crippen LogP contribution >= 0.6 is 0 Å². The summed E-state index contributed by atoms with van der Waals surface area (Å²) in [6.45, 7) is 1.94. The Hall–Kier alpha value is -3.70. The molecule has 2 heterocycles. The number of nitrogens with zero attached hydrogens (tertiary/aromatic N) is 4. The largest absolute Gasteiger partial charge is 0.465 e. The Labute approximate surface area is 161 Å². The van der Waals surface area contributed by atoms with Crippen molar-refractivity contribution in [2.24, 2.45) is 0 Å². The summed E-state index contributed by atoms with van der Waals surface area (Å²) in [5.41, 5.74) is 2.51. The summed E-state index contributed by atoms with van der Waals surface area (Å²) in [6, 6.07) is 10.8. The Morgan fingerprint density at radius 2 is 2.18 bits per heavy atom. The van der Waals surface area contributed by atoms with Gasteiger partial charge in [-0.1, -0.05) is 6.07 Å². The second kappa shape index (κ2) is 8.79. The molecule has 0 saturated carbocycles. The summed E-state index contributed by atoms with van der Waals surface area (Å²) >= 11 is 0. The van der Waals surface area contributed by atoms with Crippen LogP contribution in [0.2, 0.25) is 0 Å². The van der Waals surface area contributed by atoms with Crippen molar-refractivity contribution in [3.63, 3.8) is 0 Å². The SMILES string of the molecule is CCOC(=O)c1cc(-c2ccc(-n3cccn3)c(C#N)c2)ncc1OCOC. The molecule has 0 aliphatic carbocycles. The molecule has 0 fully saturated rings. The zero-order valence-electron chi connectivity index (χ0n) is 15.5. The van der Waals surface area contributed by atoms with E-state index in [-0.39, 0.29) is 24.7 Å². The van der Waals surface area contributed by atoms with Crippen LogP contribution in [0.4, 0.5) is 0 Å². The fraction of sp³-hybridized carbons (Fsp3) is 0.200. The fourth-order valence-electron chi connectivity index (χ4n) is 2.60. The van der Waals surface area contributed by atoms with Gasteiger partial charge in [0.15, 0.2) is 12.5 Å². The number of ether oxygens (including phenoxy) is 3. The third-order valence-corrected chi connectivity index (χ3v) is 3.86. The standard InChI is InChI=1S/C20H18N4O4/c1-3-27-20(25)16-10-17(22-12-19(16)28-13-26-2)14-5-6-18(15(9-14)11-21)24-8-4-7-23-24/h4-10,12H,3,13H2,1-2H3. The molecular weight excluding hydrogens is 360 g/mol. The molecule has 0 radical (unpaired) electrons. The fourth-order valence-corrected chi connectivity index (χ4v) is 2.60. The second-order valence-electron chi connectivity index (χ2n) is 5.63. The van der Waals surface area contributed by atoms with Gasteiger partial charge in [0.1, 0.15) is 11.6 Å². The van der Waals surface area contributed by atoms with Crippen molar-refractivity contribution in [3.05, 3.63) is 60.0 Å². The third-order valence-electron chi connectivity index (χ3n) is 3.86. The lowest BCUT2D eigenvalue weighted by Crippen LogP contribution is -2.10. The molecule has 0 amide bonds. The smallest absolute Gasteiger partial charge is 0.342 e. The summed E-state index contributed by atoms with van der Waals surface area (Å²) in [5.74, 6) is -0.261. The molecule has 0 atom stereocenters. The predicted octanol–water partition coefficient (Wildman–Crippen LogP) is 2.97. The van der Waals surface area contributed by atoms with E-state index in [1.807, 2.05) is 6.07 Å². The van der Waals surface area contributed by atoms with Gasteiger partial charge in [0.05, 0.1) is 29.7 Å². The lowest BCUT2D eigenvalue weighted by molar-refractivity contribution is 0.0436. The van der Waals surface area contributed by atoms with Crippen molar-refractivity contribution in [1.29, 1.82) is 5.26 Å². The number of nitriles is 1. The minimum Gasteiger partial charge on any atom is -0.465 e. The molecule has 142 valence electrons. The lowest BCUT2D eigenvalue weighted by atomic mass is 10.0. The minimum atomic E-state index is -0.522. The number of hydrogen-bond acceptors (Lipinski definition) is 7. The first kappa shape index (κ1) is 19.1. The number of methoxy groups -OCH3 is 1. The van der Waals surface area contributed by atoms with Crippen LogP contribution < -0.4 is 4.74 Å². The van der Waals surface area contributed by atoms with E-state index in [9.17, 15) is 10.1 Å². The molecule has 8 nitrogen and oxygen atoms in total. The predicted molar refractivity (Wildman–Crippen MR) is 100.0 cm³/mol. The van der Waals surface area contributed by atoms with Crippen LogP contribution in [0.25, 0.3) is 16.9 Å². The maximum atomic E-state index is 12.3. The first-order valence-electron chi connectivity index (χ1n) is 8.51. The van der Waals surface area contributed by atoms with Crippen molar-refractivity contribution in [2.75, 3.05) is 20.5 Å². The van der Waals surface area contributed by atoms with E-state index in [0.29, 0.717) is 22.5 Å². The monoisotopic (exact) mass is 378 g/mol. The van der Waals surface area contributed by atoms with Crippen molar-refractivity contribution in [2.45, 2.75) is 6.92 Å². The number of rotatable bonds is 7. The Kier molecular flexibility index (Phi) is 5.99. The van der Waals surface area contributed by atoms with Gasteiger partial charge in [0.2, 0.25) is 0 Å². The molecule has 3 aromatic rings. The van der Waals surface area contributed by atoms with Gasteiger partial charge in [0.25, 0.3) is 0 Å². The average molecular weight is 378 g/mol. The molecule has 0 N–H and O–H groups in total.